The van der Waals surface area contributed by atoms with Gasteiger partial charge in [-0.3, -0.25) is 9.78 Å². The third-order valence-corrected chi connectivity index (χ3v) is 4.59. The van der Waals surface area contributed by atoms with Crippen molar-refractivity contribution in [2.24, 2.45) is 0 Å². The first kappa shape index (κ1) is 18.9. The molecule has 1 atom stereocenters. The SMILES string of the molecule is Cc1nc2ccccc2c(C)c1CC(=O)NC(c1ccccc1)C(F)(F)F. The number of aryl methyl sites for hydroxylation is 2. The number of carbonyl (C=O) groups excluding carboxylic acids is 1. The lowest BCUT2D eigenvalue weighted by atomic mass is 9.99. The van der Waals surface area contributed by atoms with Crippen molar-refractivity contribution in [3.05, 3.63) is 77.0 Å². The fourth-order valence-electron chi connectivity index (χ4n) is 3.20. The minimum atomic E-state index is -4.58. The molecule has 0 saturated carbocycles. The van der Waals surface area contributed by atoms with Gasteiger partial charge in [0.1, 0.15) is 0 Å². The zero-order valence-electron chi connectivity index (χ0n) is 15.0. The van der Waals surface area contributed by atoms with E-state index in [-0.39, 0.29) is 12.0 Å². The Labute approximate surface area is 155 Å². The number of alkyl halides is 3. The van der Waals surface area contributed by atoms with Crippen LogP contribution in [-0.4, -0.2) is 17.1 Å². The van der Waals surface area contributed by atoms with Crippen molar-refractivity contribution < 1.29 is 18.0 Å². The first-order valence-electron chi connectivity index (χ1n) is 8.53. The van der Waals surface area contributed by atoms with Crippen molar-refractivity contribution in [2.45, 2.75) is 32.5 Å². The quantitative estimate of drug-likeness (QED) is 0.714. The van der Waals surface area contributed by atoms with E-state index in [2.05, 4.69) is 10.3 Å². The Morgan fingerprint density at radius 1 is 1.04 bits per heavy atom. The van der Waals surface area contributed by atoms with E-state index in [1.165, 1.54) is 24.3 Å². The molecule has 1 heterocycles. The van der Waals surface area contributed by atoms with Gasteiger partial charge in [-0.1, -0.05) is 48.5 Å². The molecule has 1 unspecified atom stereocenters. The first-order valence-corrected chi connectivity index (χ1v) is 8.53. The molecule has 140 valence electrons. The minimum absolute atomic E-state index is 0.00318. The fraction of sp³-hybridized carbons (Fsp3) is 0.238. The van der Waals surface area contributed by atoms with Gasteiger partial charge in [0, 0.05) is 11.1 Å². The predicted molar refractivity (Wildman–Crippen MR) is 98.3 cm³/mol. The summed E-state index contributed by atoms with van der Waals surface area (Å²) in [6.45, 7) is 3.62. The average Bonchev–Trinajstić information content (AvgIpc) is 2.63. The Morgan fingerprint density at radius 3 is 2.33 bits per heavy atom. The van der Waals surface area contributed by atoms with Crippen molar-refractivity contribution in [1.29, 1.82) is 0 Å². The van der Waals surface area contributed by atoms with Crippen LogP contribution >= 0.6 is 0 Å². The molecule has 3 rings (SSSR count). The van der Waals surface area contributed by atoms with Crippen molar-refractivity contribution in [3.63, 3.8) is 0 Å². The molecule has 0 saturated heterocycles. The Morgan fingerprint density at radius 2 is 1.67 bits per heavy atom. The summed E-state index contributed by atoms with van der Waals surface area (Å²) in [5, 5.41) is 3.02. The van der Waals surface area contributed by atoms with Crippen molar-refractivity contribution in [1.82, 2.24) is 10.3 Å². The van der Waals surface area contributed by atoms with Gasteiger partial charge < -0.3 is 5.32 Å². The number of pyridine rings is 1. The predicted octanol–water partition coefficient (Wildman–Crippen LogP) is 4.81. The molecular formula is C21H19F3N2O. The van der Waals surface area contributed by atoms with Crippen LogP contribution in [0.2, 0.25) is 0 Å². The van der Waals surface area contributed by atoms with Crippen LogP contribution < -0.4 is 5.32 Å². The summed E-state index contributed by atoms with van der Waals surface area (Å²) in [5.74, 6) is -0.690. The molecule has 2 aromatic carbocycles. The number of amides is 1. The Bertz CT molecular complexity index is 968. The number of hydrogen-bond donors (Lipinski definition) is 1. The summed E-state index contributed by atoms with van der Waals surface area (Å²) in [6.07, 6.45) is -4.74. The van der Waals surface area contributed by atoms with Gasteiger partial charge in [-0.2, -0.15) is 13.2 Å². The second kappa shape index (κ2) is 7.39. The van der Waals surface area contributed by atoms with Gasteiger partial charge in [-0.15, -0.1) is 0 Å². The summed E-state index contributed by atoms with van der Waals surface area (Å²) < 4.78 is 40.3. The summed E-state index contributed by atoms with van der Waals surface area (Å²) in [5.41, 5.74) is 2.96. The van der Waals surface area contributed by atoms with Gasteiger partial charge in [0.15, 0.2) is 6.04 Å². The summed E-state index contributed by atoms with van der Waals surface area (Å²) in [4.78, 5) is 16.9. The first-order chi connectivity index (χ1) is 12.8. The van der Waals surface area contributed by atoms with Gasteiger partial charge in [0.2, 0.25) is 5.91 Å². The molecule has 1 amide bonds. The van der Waals surface area contributed by atoms with Crippen LogP contribution in [0.25, 0.3) is 10.9 Å². The number of fused-ring (bicyclic) bond motifs is 1. The smallest absolute Gasteiger partial charge is 0.341 e. The second-order valence-corrected chi connectivity index (χ2v) is 6.45. The summed E-state index contributed by atoms with van der Waals surface area (Å²) in [6, 6.07) is 12.8. The van der Waals surface area contributed by atoms with Crippen LogP contribution in [0, 0.1) is 13.8 Å². The normalized spacial score (nSPS) is 12.8. The third-order valence-electron chi connectivity index (χ3n) is 4.59. The van der Waals surface area contributed by atoms with Crippen LogP contribution in [0.1, 0.15) is 28.4 Å². The maximum Gasteiger partial charge on any atom is 0.412 e. The third kappa shape index (κ3) is 4.10. The fourth-order valence-corrected chi connectivity index (χ4v) is 3.20. The zero-order valence-corrected chi connectivity index (χ0v) is 15.0. The van der Waals surface area contributed by atoms with E-state index in [1.807, 2.05) is 31.2 Å². The van der Waals surface area contributed by atoms with Crippen LogP contribution in [0.15, 0.2) is 54.6 Å². The minimum Gasteiger partial charge on any atom is -0.341 e. The molecule has 3 aromatic rings. The van der Waals surface area contributed by atoms with Crippen LogP contribution in [0.3, 0.4) is 0 Å². The molecule has 0 aliphatic rings. The van der Waals surface area contributed by atoms with E-state index in [0.717, 1.165) is 16.5 Å². The molecule has 0 bridgehead atoms. The average molecular weight is 372 g/mol. The van der Waals surface area contributed by atoms with Gasteiger partial charge in [-0.25, -0.2) is 0 Å². The van der Waals surface area contributed by atoms with E-state index in [0.29, 0.717) is 11.3 Å². The van der Waals surface area contributed by atoms with E-state index < -0.39 is 18.1 Å². The van der Waals surface area contributed by atoms with Crippen molar-refractivity contribution >= 4 is 16.8 Å². The van der Waals surface area contributed by atoms with Crippen LogP contribution in [0.5, 0.6) is 0 Å². The zero-order chi connectivity index (χ0) is 19.6. The standard InChI is InChI=1S/C21H19F3N2O/c1-13-16-10-6-7-11-18(16)25-14(2)17(13)12-19(27)26-20(21(22,23)24)15-8-4-3-5-9-15/h3-11,20H,12H2,1-2H3,(H,26,27). The number of hydrogen-bond acceptors (Lipinski definition) is 2. The highest BCUT2D eigenvalue weighted by Gasteiger charge is 2.41. The number of rotatable bonds is 4. The molecular weight excluding hydrogens is 353 g/mol. The lowest BCUT2D eigenvalue weighted by molar-refractivity contribution is -0.163. The molecule has 0 spiro atoms. The molecule has 27 heavy (non-hydrogen) atoms. The van der Waals surface area contributed by atoms with E-state index >= 15 is 0 Å². The highest BCUT2D eigenvalue weighted by Crippen LogP contribution is 2.32. The van der Waals surface area contributed by atoms with Gasteiger partial charge in [-0.05, 0) is 36.6 Å². The number of nitrogens with one attached hydrogen (secondary N) is 1. The highest BCUT2D eigenvalue weighted by atomic mass is 19.4. The van der Waals surface area contributed by atoms with Gasteiger partial charge >= 0.3 is 6.18 Å². The number of carbonyl (C=O) groups is 1. The van der Waals surface area contributed by atoms with E-state index in [1.54, 1.807) is 13.0 Å². The van der Waals surface area contributed by atoms with E-state index in [9.17, 15) is 18.0 Å². The molecule has 1 N–H and O–H groups in total. The molecule has 1 aromatic heterocycles. The topological polar surface area (TPSA) is 42.0 Å². The van der Waals surface area contributed by atoms with Gasteiger partial charge in [0.25, 0.3) is 0 Å². The van der Waals surface area contributed by atoms with Crippen LogP contribution in [0.4, 0.5) is 13.2 Å². The number of benzene rings is 2. The molecule has 3 nitrogen and oxygen atoms in total. The molecule has 0 aliphatic carbocycles. The Hall–Kier alpha value is -2.89. The number of nitrogens with zero attached hydrogens (tertiary/aromatic N) is 1. The molecule has 0 fully saturated rings. The Balaban J connectivity index is 1.88. The highest BCUT2D eigenvalue weighted by molar-refractivity contribution is 5.86. The molecule has 0 radical (unpaired) electrons. The Kier molecular flexibility index (Phi) is 5.17. The molecule has 6 heteroatoms. The summed E-state index contributed by atoms with van der Waals surface area (Å²) in [7, 11) is 0. The summed E-state index contributed by atoms with van der Waals surface area (Å²) >= 11 is 0. The van der Waals surface area contributed by atoms with Crippen molar-refractivity contribution in [2.75, 3.05) is 0 Å². The largest absolute Gasteiger partial charge is 0.412 e. The van der Waals surface area contributed by atoms with Crippen molar-refractivity contribution in [3.8, 4) is 0 Å². The van der Waals surface area contributed by atoms with E-state index in [4.69, 9.17) is 0 Å². The lowest BCUT2D eigenvalue weighted by Crippen LogP contribution is -2.39. The number of para-hydroxylation sites is 1. The monoisotopic (exact) mass is 372 g/mol. The molecule has 0 aliphatic heterocycles. The maximum atomic E-state index is 13.4. The lowest BCUT2D eigenvalue weighted by Gasteiger charge is -2.22. The van der Waals surface area contributed by atoms with Gasteiger partial charge in [0.05, 0.1) is 11.9 Å². The number of aromatic nitrogens is 1. The van der Waals surface area contributed by atoms with Crippen LogP contribution in [-0.2, 0) is 11.2 Å². The second-order valence-electron chi connectivity index (χ2n) is 6.45. The maximum absolute atomic E-state index is 13.4. The number of halogens is 3.